The van der Waals surface area contributed by atoms with Gasteiger partial charge < -0.3 is 15.2 Å². The van der Waals surface area contributed by atoms with Crippen molar-refractivity contribution in [2.45, 2.75) is 20.0 Å². The number of amides is 1. The van der Waals surface area contributed by atoms with Crippen molar-refractivity contribution < 1.29 is 24.4 Å². The summed E-state index contributed by atoms with van der Waals surface area (Å²) in [6.07, 6.45) is -1.21. The molecule has 138 valence electrons. The summed E-state index contributed by atoms with van der Waals surface area (Å²) in [6, 6.07) is 9.37. The molecule has 0 aliphatic carbocycles. The maximum atomic E-state index is 12.2. The first-order chi connectivity index (χ1) is 12.7. The van der Waals surface area contributed by atoms with E-state index in [1.807, 2.05) is 0 Å². The normalized spacial score (nSPS) is 11.1. The molecule has 27 heavy (non-hydrogen) atoms. The number of anilines is 1. The van der Waals surface area contributed by atoms with Gasteiger partial charge in [-0.25, -0.2) is 4.79 Å². The fraction of sp³-hybridized carbons (Fsp3) is 0.167. The van der Waals surface area contributed by atoms with E-state index in [0.29, 0.717) is 5.56 Å². The lowest BCUT2D eigenvalue weighted by atomic mass is 10.1. The molecule has 0 saturated heterocycles. The first-order valence-electron chi connectivity index (χ1n) is 7.73. The van der Waals surface area contributed by atoms with E-state index < -0.39 is 22.9 Å². The predicted octanol–water partition coefficient (Wildman–Crippen LogP) is 2.66. The highest BCUT2D eigenvalue weighted by Gasteiger charge is 2.21. The molecule has 0 aliphatic rings. The minimum atomic E-state index is -1.21. The van der Waals surface area contributed by atoms with Gasteiger partial charge in [-0.3, -0.25) is 14.9 Å². The number of aryl methyl sites for hydroxylation is 1. The van der Waals surface area contributed by atoms with Gasteiger partial charge in [0.1, 0.15) is 11.8 Å². The lowest BCUT2D eigenvalue weighted by molar-refractivity contribution is -0.384. The zero-order valence-electron chi connectivity index (χ0n) is 14.4. The number of nitriles is 1. The van der Waals surface area contributed by atoms with Crippen LogP contribution < -0.4 is 5.32 Å². The Bertz CT molecular complexity index is 964. The number of hydrogen-bond acceptors (Lipinski definition) is 7. The summed E-state index contributed by atoms with van der Waals surface area (Å²) in [7, 11) is 0. The fourth-order valence-corrected chi connectivity index (χ4v) is 2.10. The number of nitro groups is 1. The summed E-state index contributed by atoms with van der Waals surface area (Å²) >= 11 is 0. The van der Waals surface area contributed by atoms with E-state index in [1.165, 1.54) is 31.2 Å². The van der Waals surface area contributed by atoms with Crippen LogP contribution in [-0.2, 0) is 9.53 Å². The van der Waals surface area contributed by atoms with Crippen LogP contribution in [0.1, 0.15) is 28.4 Å². The van der Waals surface area contributed by atoms with Crippen molar-refractivity contribution in [1.82, 2.24) is 0 Å². The highest BCUT2D eigenvalue weighted by molar-refractivity contribution is 5.98. The average Bonchev–Trinajstić information content (AvgIpc) is 2.63. The predicted molar refractivity (Wildman–Crippen MR) is 94.2 cm³/mol. The van der Waals surface area contributed by atoms with Crippen molar-refractivity contribution >= 4 is 23.3 Å². The Morgan fingerprint density at radius 2 is 2.00 bits per heavy atom. The van der Waals surface area contributed by atoms with Crippen LogP contribution in [0.4, 0.5) is 11.4 Å². The molecule has 2 rings (SSSR count). The first-order valence-corrected chi connectivity index (χ1v) is 7.73. The number of nitro benzene ring substituents is 1. The van der Waals surface area contributed by atoms with Gasteiger partial charge in [-0.05, 0) is 37.6 Å². The van der Waals surface area contributed by atoms with Gasteiger partial charge in [0.25, 0.3) is 11.6 Å². The third-order valence-electron chi connectivity index (χ3n) is 3.69. The number of ether oxygens (including phenoxy) is 1. The standard InChI is InChI=1S/C18H15N3O6/c1-10-3-4-12(8-16(10)22)18(24)27-11(2)17(23)20-15-6-5-14(21(25)26)7-13(15)9-19/h3-8,11,22H,1-2H3,(H,20,23)/t11-/m0/s1. The molecule has 2 aromatic carbocycles. The van der Waals surface area contributed by atoms with Crippen LogP contribution in [0.15, 0.2) is 36.4 Å². The molecule has 0 bridgehead atoms. The molecule has 0 spiro atoms. The molecule has 2 aromatic rings. The highest BCUT2D eigenvalue weighted by atomic mass is 16.6. The van der Waals surface area contributed by atoms with Gasteiger partial charge in [-0.1, -0.05) is 6.07 Å². The van der Waals surface area contributed by atoms with E-state index in [4.69, 9.17) is 10.00 Å². The second-order valence-corrected chi connectivity index (χ2v) is 5.64. The maximum absolute atomic E-state index is 12.2. The van der Waals surface area contributed by atoms with E-state index in [0.717, 1.165) is 12.1 Å². The lowest BCUT2D eigenvalue weighted by Gasteiger charge is -2.14. The molecule has 0 fully saturated rings. The number of rotatable bonds is 5. The smallest absolute Gasteiger partial charge is 0.339 e. The molecule has 1 amide bonds. The molecule has 0 saturated carbocycles. The first kappa shape index (κ1) is 19.4. The van der Waals surface area contributed by atoms with Gasteiger partial charge in [0, 0.05) is 12.1 Å². The number of nitrogens with zero attached hydrogens (tertiary/aromatic N) is 2. The number of phenolic OH excluding ortho intramolecular Hbond substituents is 1. The summed E-state index contributed by atoms with van der Waals surface area (Å²) in [5, 5.41) is 31.9. The molecular formula is C18H15N3O6. The van der Waals surface area contributed by atoms with Crippen LogP contribution in [0.3, 0.4) is 0 Å². The molecule has 0 unspecified atom stereocenters. The number of phenols is 1. The van der Waals surface area contributed by atoms with Crippen molar-refractivity contribution in [2.75, 3.05) is 5.32 Å². The summed E-state index contributed by atoms with van der Waals surface area (Å²) in [5.74, 6) is -1.60. The Morgan fingerprint density at radius 3 is 2.59 bits per heavy atom. The Hall–Kier alpha value is -3.93. The minimum absolute atomic E-state index is 0.0592. The number of carbonyl (C=O) groups is 2. The van der Waals surface area contributed by atoms with E-state index in [9.17, 15) is 24.8 Å². The molecule has 9 heteroatoms. The van der Waals surface area contributed by atoms with Crippen molar-refractivity contribution in [3.05, 3.63) is 63.2 Å². The molecular weight excluding hydrogens is 354 g/mol. The summed E-state index contributed by atoms with van der Waals surface area (Å²) in [5.41, 5.74) is 0.331. The molecule has 0 heterocycles. The van der Waals surface area contributed by atoms with E-state index >= 15 is 0 Å². The summed E-state index contributed by atoms with van der Waals surface area (Å²) < 4.78 is 5.05. The topological polar surface area (TPSA) is 143 Å². The Kier molecular flexibility index (Phi) is 5.72. The number of hydrogen-bond donors (Lipinski definition) is 2. The second kappa shape index (κ2) is 7.97. The number of non-ortho nitro benzene ring substituents is 1. The van der Waals surface area contributed by atoms with E-state index in [-0.39, 0.29) is 28.3 Å². The van der Waals surface area contributed by atoms with Crippen LogP contribution in [-0.4, -0.2) is 28.0 Å². The number of nitrogens with one attached hydrogen (secondary N) is 1. The number of benzene rings is 2. The monoisotopic (exact) mass is 369 g/mol. The number of carbonyl (C=O) groups excluding carboxylic acids is 2. The molecule has 2 N–H and O–H groups in total. The third kappa shape index (κ3) is 4.58. The van der Waals surface area contributed by atoms with Gasteiger partial charge in [-0.15, -0.1) is 0 Å². The Morgan fingerprint density at radius 1 is 1.30 bits per heavy atom. The summed E-state index contributed by atoms with van der Waals surface area (Å²) in [6.45, 7) is 3.00. The van der Waals surface area contributed by atoms with Crippen molar-refractivity contribution in [1.29, 1.82) is 5.26 Å². The molecule has 0 aliphatic heterocycles. The minimum Gasteiger partial charge on any atom is -0.508 e. The molecule has 0 radical (unpaired) electrons. The molecule has 0 aromatic heterocycles. The van der Waals surface area contributed by atoms with Gasteiger partial charge in [0.2, 0.25) is 0 Å². The SMILES string of the molecule is Cc1ccc(C(=O)O[C@@H](C)C(=O)Nc2ccc([N+](=O)[O-])cc2C#N)cc1O. The third-order valence-corrected chi connectivity index (χ3v) is 3.69. The molecule has 1 atom stereocenters. The van der Waals surface area contributed by atoms with Crippen LogP contribution >= 0.6 is 0 Å². The van der Waals surface area contributed by atoms with Gasteiger partial charge in [0.15, 0.2) is 6.10 Å². The number of esters is 1. The highest BCUT2D eigenvalue weighted by Crippen LogP contribution is 2.22. The average molecular weight is 369 g/mol. The number of aromatic hydroxyl groups is 1. The largest absolute Gasteiger partial charge is 0.508 e. The van der Waals surface area contributed by atoms with Crippen LogP contribution in [0, 0.1) is 28.4 Å². The van der Waals surface area contributed by atoms with Crippen molar-refractivity contribution in [2.24, 2.45) is 0 Å². The fourth-order valence-electron chi connectivity index (χ4n) is 2.10. The van der Waals surface area contributed by atoms with Crippen LogP contribution in [0.25, 0.3) is 0 Å². The maximum Gasteiger partial charge on any atom is 0.339 e. The van der Waals surface area contributed by atoms with Crippen molar-refractivity contribution in [3.63, 3.8) is 0 Å². The van der Waals surface area contributed by atoms with Crippen LogP contribution in [0.2, 0.25) is 0 Å². The van der Waals surface area contributed by atoms with Crippen molar-refractivity contribution in [3.8, 4) is 11.8 Å². The summed E-state index contributed by atoms with van der Waals surface area (Å²) in [4.78, 5) is 34.4. The van der Waals surface area contributed by atoms with Crippen LogP contribution in [0.5, 0.6) is 5.75 Å². The quantitative estimate of drug-likeness (QED) is 0.468. The zero-order valence-corrected chi connectivity index (χ0v) is 14.4. The zero-order chi connectivity index (χ0) is 20.1. The second-order valence-electron chi connectivity index (χ2n) is 5.64. The van der Waals surface area contributed by atoms with E-state index in [1.54, 1.807) is 13.0 Å². The molecule has 9 nitrogen and oxygen atoms in total. The van der Waals surface area contributed by atoms with E-state index in [2.05, 4.69) is 5.32 Å². The Balaban J connectivity index is 2.09. The van der Waals surface area contributed by atoms with Gasteiger partial charge >= 0.3 is 5.97 Å². The Labute approximate surface area is 154 Å². The lowest BCUT2D eigenvalue weighted by Crippen LogP contribution is -2.30. The van der Waals surface area contributed by atoms with Gasteiger partial charge in [-0.2, -0.15) is 5.26 Å². The van der Waals surface area contributed by atoms with Gasteiger partial charge in [0.05, 0.1) is 21.7 Å².